The van der Waals surface area contributed by atoms with Crippen molar-refractivity contribution >= 4 is 42.5 Å². The summed E-state index contributed by atoms with van der Waals surface area (Å²) in [5.74, 6) is -4.48. The van der Waals surface area contributed by atoms with Gasteiger partial charge in [-0.3, -0.25) is 4.79 Å². The molecule has 0 heterocycles. The number of carbonyl (C=O) groups excluding carboxylic acids is 1. The Kier molecular flexibility index (Phi) is 8.58. The number of benzene rings is 3. The minimum absolute atomic E-state index is 0.0763. The molecule has 2 saturated carbocycles. The summed E-state index contributed by atoms with van der Waals surface area (Å²) < 4.78 is 68.1. The third-order valence-electron chi connectivity index (χ3n) is 8.29. The summed E-state index contributed by atoms with van der Waals surface area (Å²) in [7, 11) is -4.51. The number of ketones is 1. The van der Waals surface area contributed by atoms with Gasteiger partial charge >= 0.3 is 0 Å². The third-order valence-corrected chi connectivity index (χ3v) is 10.2. The monoisotopic (exact) mass is 648 g/mol. The van der Waals surface area contributed by atoms with Crippen LogP contribution >= 0.6 is 15.9 Å². The number of carbonyl (C=O) groups is 1. The van der Waals surface area contributed by atoms with Gasteiger partial charge < -0.3 is 10.5 Å². The zero-order valence-corrected chi connectivity index (χ0v) is 25.4. The molecule has 2 bridgehead atoms. The van der Waals surface area contributed by atoms with Gasteiger partial charge in [0.15, 0.2) is 5.78 Å². The molecule has 0 radical (unpaired) electrons. The van der Waals surface area contributed by atoms with Crippen molar-refractivity contribution in [2.45, 2.75) is 62.4 Å². The Hall–Kier alpha value is -2.40. The molecule has 0 spiro atoms. The van der Waals surface area contributed by atoms with Crippen LogP contribution in [0.3, 0.4) is 0 Å². The fraction of sp³-hybridized carbons (Fsp3) is 0.452. The van der Waals surface area contributed by atoms with E-state index >= 15 is 8.78 Å². The van der Waals surface area contributed by atoms with E-state index < -0.39 is 39.3 Å². The van der Waals surface area contributed by atoms with Crippen molar-refractivity contribution in [2.24, 2.45) is 29.4 Å². The smallest absolute Gasteiger partial charge is 0.296 e. The van der Waals surface area contributed by atoms with Gasteiger partial charge in [-0.05, 0) is 90.6 Å². The summed E-state index contributed by atoms with van der Waals surface area (Å²) in [5.41, 5.74) is 5.73. The molecule has 3 N–H and O–H groups in total. The Morgan fingerprint density at radius 2 is 1.63 bits per heavy atom. The number of hydrogen-bond donors (Lipinski definition) is 2. The molecule has 2 aliphatic rings. The van der Waals surface area contributed by atoms with E-state index in [1.807, 2.05) is 13.8 Å². The number of halogens is 3. The quantitative estimate of drug-likeness (QED) is 0.265. The lowest BCUT2D eigenvalue weighted by Gasteiger charge is -2.36. The Morgan fingerprint density at radius 1 is 1.02 bits per heavy atom. The molecule has 5 rings (SSSR count). The van der Waals surface area contributed by atoms with Gasteiger partial charge in [-0.1, -0.05) is 54.0 Å². The molecular formula is C31H35BrF2N2O4S. The highest BCUT2D eigenvalue weighted by Gasteiger charge is 2.54. The van der Waals surface area contributed by atoms with E-state index in [-0.39, 0.29) is 22.8 Å². The summed E-state index contributed by atoms with van der Waals surface area (Å²) in [5, 5.41) is 1.35. The first-order valence-electron chi connectivity index (χ1n) is 14.0. The molecule has 2 fully saturated rings. The molecule has 0 amide bonds. The van der Waals surface area contributed by atoms with Gasteiger partial charge in [-0.15, -0.1) is 0 Å². The number of alkyl halides is 2. The van der Waals surface area contributed by atoms with Crippen molar-refractivity contribution in [2.75, 3.05) is 6.61 Å². The highest BCUT2D eigenvalue weighted by Crippen LogP contribution is 2.49. The average Bonchev–Trinajstić information content (AvgIpc) is 3.20. The van der Waals surface area contributed by atoms with Crippen molar-refractivity contribution in [3.05, 3.63) is 70.7 Å². The first-order valence-corrected chi connectivity index (χ1v) is 16.2. The van der Waals surface area contributed by atoms with Crippen LogP contribution in [0.15, 0.2) is 70.0 Å². The Bertz CT molecular complexity index is 1520. The second-order valence-electron chi connectivity index (χ2n) is 11.8. The van der Waals surface area contributed by atoms with Gasteiger partial charge in [-0.25, -0.2) is 8.42 Å². The molecule has 2 unspecified atom stereocenters. The molecule has 3 aromatic carbocycles. The zero-order chi connectivity index (χ0) is 29.5. The summed E-state index contributed by atoms with van der Waals surface area (Å²) in [6.45, 7) is 4.62. The Labute approximate surface area is 248 Å². The maximum atomic E-state index is 16.2. The van der Waals surface area contributed by atoms with E-state index in [2.05, 4.69) is 20.7 Å². The van der Waals surface area contributed by atoms with E-state index in [0.29, 0.717) is 41.0 Å². The molecule has 6 nitrogen and oxygen atoms in total. The molecule has 41 heavy (non-hydrogen) atoms. The standard InChI is InChI=1S/C31H35BrF2N2O4S/c1-18(2)17-40-26-11-5-20-16-27(12-6-19(20)15-26)41(38,39)36-30(31(33,34)23-7-9-24(32)10-8-23)29(37)28-21-3-4-22(28)14-25(35)13-21/h5-12,15-16,18,21-22,25,28,30,36H,3-4,13-14,17,35H2,1-2H3/t21?,22?,25?,28?,30-/m1/s1. The highest BCUT2D eigenvalue weighted by atomic mass is 79.9. The number of fused-ring (bicyclic) bond motifs is 3. The summed E-state index contributed by atoms with van der Waals surface area (Å²) in [4.78, 5) is 13.8. The number of nitrogens with two attached hydrogens (primary N) is 1. The van der Waals surface area contributed by atoms with Gasteiger partial charge in [0.25, 0.3) is 5.92 Å². The molecule has 10 heteroatoms. The minimum Gasteiger partial charge on any atom is -0.493 e. The Morgan fingerprint density at radius 3 is 2.27 bits per heavy atom. The van der Waals surface area contributed by atoms with Crippen LogP contribution < -0.4 is 15.2 Å². The van der Waals surface area contributed by atoms with E-state index in [9.17, 15) is 13.2 Å². The molecule has 0 aliphatic heterocycles. The molecule has 0 saturated heterocycles. The normalized spacial score (nSPS) is 23.6. The summed E-state index contributed by atoms with van der Waals surface area (Å²) in [6, 6.07) is 12.6. The number of sulfonamides is 1. The third kappa shape index (κ3) is 6.35. The van der Waals surface area contributed by atoms with E-state index in [4.69, 9.17) is 10.5 Å². The van der Waals surface area contributed by atoms with Crippen LogP contribution in [-0.4, -0.2) is 32.9 Å². The molecule has 3 atom stereocenters. The zero-order valence-electron chi connectivity index (χ0n) is 23.0. The first kappa shape index (κ1) is 30.1. The van der Waals surface area contributed by atoms with Crippen LogP contribution in [0.25, 0.3) is 10.8 Å². The number of ether oxygens (including phenoxy) is 1. The topological polar surface area (TPSA) is 98.5 Å². The van der Waals surface area contributed by atoms with Gasteiger partial charge in [0.05, 0.1) is 11.5 Å². The molecule has 0 aromatic heterocycles. The van der Waals surface area contributed by atoms with E-state index in [1.54, 1.807) is 24.3 Å². The molecule has 3 aromatic rings. The maximum absolute atomic E-state index is 16.2. The lowest BCUT2D eigenvalue weighted by molar-refractivity contribution is -0.139. The van der Waals surface area contributed by atoms with Crippen LogP contribution in [-0.2, 0) is 20.7 Å². The summed E-state index contributed by atoms with van der Waals surface area (Å²) >= 11 is 3.25. The largest absolute Gasteiger partial charge is 0.493 e. The van der Waals surface area contributed by atoms with Gasteiger partial charge in [0.2, 0.25) is 10.0 Å². The summed E-state index contributed by atoms with van der Waals surface area (Å²) in [6.07, 6.45) is 2.60. The van der Waals surface area contributed by atoms with Crippen LogP contribution in [0.2, 0.25) is 0 Å². The van der Waals surface area contributed by atoms with Crippen LogP contribution in [0.1, 0.15) is 45.1 Å². The second-order valence-corrected chi connectivity index (χ2v) is 14.4. The van der Waals surface area contributed by atoms with Crippen molar-refractivity contribution in [1.82, 2.24) is 4.72 Å². The maximum Gasteiger partial charge on any atom is 0.296 e. The van der Waals surface area contributed by atoms with Crippen molar-refractivity contribution in [3.63, 3.8) is 0 Å². The van der Waals surface area contributed by atoms with E-state index in [1.165, 1.54) is 36.4 Å². The van der Waals surface area contributed by atoms with Crippen LogP contribution in [0, 0.1) is 23.7 Å². The lowest BCUT2D eigenvalue weighted by Crippen LogP contribution is -2.55. The minimum atomic E-state index is -4.51. The molecule has 220 valence electrons. The fourth-order valence-corrected chi connectivity index (χ4v) is 7.83. The molecular weight excluding hydrogens is 614 g/mol. The van der Waals surface area contributed by atoms with E-state index in [0.717, 1.165) is 18.2 Å². The number of rotatable bonds is 10. The highest BCUT2D eigenvalue weighted by molar-refractivity contribution is 9.10. The van der Waals surface area contributed by atoms with Crippen LogP contribution in [0.4, 0.5) is 8.78 Å². The predicted molar refractivity (Wildman–Crippen MR) is 158 cm³/mol. The molecule has 2 aliphatic carbocycles. The second kappa shape index (κ2) is 11.7. The Balaban J connectivity index is 1.48. The van der Waals surface area contributed by atoms with Crippen molar-refractivity contribution in [1.29, 1.82) is 0 Å². The fourth-order valence-electron chi connectivity index (χ4n) is 6.33. The van der Waals surface area contributed by atoms with Gasteiger partial charge in [0.1, 0.15) is 11.8 Å². The number of nitrogens with one attached hydrogen (secondary N) is 1. The van der Waals surface area contributed by atoms with Crippen molar-refractivity contribution < 1.29 is 26.7 Å². The van der Waals surface area contributed by atoms with Crippen molar-refractivity contribution in [3.8, 4) is 5.75 Å². The SMILES string of the molecule is CC(C)COc1ccc2cc(S(=O)(=O)N[C@H](C(=O)C3C4CCC3CC(N)C4)C(F)(F)c3ccc(Br)cc3)ccc2c1. The first-order chi connectivity index (χ1) is 19.3. The number of Topliss-reactive ketones (excluding diaryl/α,β-unsaturated/α-hetero) is 1. The number of hydrogen-bond acceptors (Lipinski definition) is 5. The van der Waals surface area contributed by atoms with Gasteiger partial charge in [0, 0.05) is 22.0 Å². The predicted octanol–water partition coefficient (Wildman–Crippen LogP) is 6.41. The average molecular weight is 650 g/mol. The van der Waals surface area contributed by atoms with Gasteiger partial charge in [-0.2, -0.15) is 13.5 Å². The van der Waals surface area contributed by atoms with Crippen LogP contribution in [0.5, 0.6) is 5.75 Å². The lowest BCUT2D eigenvalue weighted by atomic mass is 9.72.